The van der Waals surface area contributed by atoms with Crippen LogP contribution < -0.4 is 5.32 Å². The van der Waals surface area contributed by atoms with E-state index < -0.39 is 0 Å². The molecule has 0 saturated heterocycles. The number of carbonyl (C=O) groups is 1. The van der Waals surface area contributed by atoms with Crippen LogP contribution in [0.15, 0.2) is 59.2 Å². The lowest BCUT2D eigenvalue weighted by Crippen LogP contribution is -1.96. The van der Waals surface area contributed by atoms with Gasteiger partial charge >= 0.3 is 0 Å². The van der Waals surface area contributed by atoms with Crippen LogP contribution in [0, 0.1) is 6.92 Å². The van der Waals surface area contributed by atoms with Crippen LogP contribution in [0.25, 0.3) is 0 Å². The molecule has 0 aliphatic heterocycles. The minimum Gasteiger partial charge on any atom is -0.360 e. The van der Waals surface area contributed by atoms with Crippen molar-refractivity contribution in [2.75, 3.05) is 5.32 Å². The van der Waals surface area contributed by atoms with Crippen molar-refractivity contribution < 1.29 is 4.79 Å². The Kier molecular flexibility index (Phi) is 4.99. The van der Waals surface area contributed by atoms with E-state index in [9.17, 15) is 4.79 Å². The highest BCUT2D eigenvalue weighted by molar-refractivity contribution is 9.10. The number of nitrogens with one attached hydrogen (secondary N) is 1. The normalized spacial score (nSPS) is 10.8. The van der Waals surface area contributed by atoms with Gasteiger partial charge in [-0.2, -0.15) is 0 Å². The van der Waals surface area contributed by atoms with Gasteiger partial charge in [0.25, 0.3) is 0 Å². The predicted octanol–water partition coefficient (Wildman–Crippen LogP) is 5.22. The molecule has 0 heterocycles. The molecule has 0 amide bonds. The summed E-state index contributed by atoms with van der Waals surface area (Å²) in [6.07, 6.45) is 3.08. The monoisotopic (exact) mass is 349 g/mol. The average molecular weight is 351 g/mol. The molecule has 0 fully saturated rings. The molecule has 0 aromatic heterocycles. The van der Waals surface area contributed by atoms with E-state index in [-0.39, 0.29) is 5.78 Å². The zero-order chi connectivity index (χ0) is 14.5. The van der Waals surface area contributed by atoms with Gasteiger partial charge in [-0.05, 0) is 25.1 Å². The third-order valence-electron chi connectivity index (χ3n) is 2.74. The summed E-state index contributed by atoms with van der Waals surface area (Å²) in [7, 11) is 0. The van der Waals surface area contributed by atoms with Crippen LogP contribution in [0.1, 0.15) is 15.9 Å². The molecule has 2 aromatic rings. The molecular weight excluding hydrogens is 338 g/mol. The fourth-order valence-electron chi connectivity index (χ4n) is 1.63. The van der Waals surface area contributed by atoms with Gasteiger partial charge in [-0.3, -0.25) is 4.79 Å². The maximum atomic E-state index is 11.9. The molecule has 0 unspecified atom stereocenters. The maximum Gasteiger partial charge on any atom is 0.187 e. The number of hydrogen-bond donors (Lipinski definition) is 1. The van der Waals surface area contributed by atoms with E-state index in [1.807, 2.05) is 43.3 Å². The molecule has 102 valence electrons. The zero-order valence-corrected chi connectivity index (χ0v) is 13.2. The molecule has 0 aliphatic carbocycles. The molecule has 2 aromatic carbocycles. The highest BCUT2D eigenvalue weighted by Gasteiger charge is 2.01. The van der Waals surface area contributed by atoms with Crippen molar-refractivity contribution in [2.45, 2.75) is 6.92 Å². The number of rotatable bonds is 4. The first-order chi connectivity index (χ1) is 9.56. The molecular formula is C16H13BrClNO. The number of hydrogen-bond acceptors (Lipinski definition) is 2. The molecule has 0 atom stereocenters. The summed E-state index contributed by atoms with van der Waals surface area (Å²) in [5, 5.41) is 3.59. The Morgan fingerprint density at radius 1 is 1.20 bits per heavy atom. The average Bonchev–Trinajstić information content (AvgIpc) is 2.42. The van der Waals surface area contributed by atoms with Crippen LogP contribution in [-0.2, 0) is 0 Å². The fourth-order valence-corrected chi connectivity index (χ4v) is 2.36. The van der Waals surface area contributed by atoms with Crippen molar-refractivity contribution in [1.82, 2.24) is 0 Å². The van der Waals surface area contributed by atoms with Crippen molar-refractivity contribution in [3.05, 3.63) is 75.4 Å². The fraction of sp³-hybridized carbons (Fsp3) is 0.0625. The van der Waals surface area contributed by atoms with E-state index in [4.69, 9.17) is 11.6 Å². The van der Waals surface area contributed by atoms with Crippen LogP contribution in [-0.4, -0.2) is 5.78 Å². The minimum absolute atomic E-state index is 0.0502. The van der Waals surface area contributed by atoms with Crippen molar-refractivity contribution in [3.63, 3.8) is 0 Å². The van der Waals surface area contributed by atoms with Crippen molar-refractivity contribution in [1.29, 1.82) is 0 Å². The number of allylic oxidation sites excluding steroid dienone is 1. The Hall–Kier alpha value is -1.58. The standard InChI is InChI=1S/C16H13BrClNO/c1-11-2-4-12(5-3-11)16(20)8-9-19-15-7-6-13(17)10-14(15)18/h2-10,19H,1H3/b9-8+. The molecule has 0 aliphatic rings. The van der Waals surface area contributed by atoms with Crippen molar-refractivity contribution in [2.24, 2.45) is 0 Å². The third kappa shape index (κ3) is 3.95. The number of ketones is 1. The van der Waals surface area contributed by atoms with Gasteiger partial charge in [-0.15, -0.1) is 0 Å². The minimum atomic E-state index is -0.0502. The summed E-state index contributed by atoms with van der Waals surface area (Å²) < 4.78 is 0.910. The van der Waals surface area contributed by atoms with Gasteiger partial charge in [-0.1, -0.05) is 57.4 Å². The summed E-state index contributed by atoms with van der Waals surface area (Å²) in [6.45, 7) is 1.99. The maximum absolute atomic E-state index is 11.9. The van der Waals surface area contributed by atoms with E-state index >= 15 is 0 Å². The summed E-state index contributed by atoms with van der Waals surface area (Å²) in [5.74, 6) is -0.0502. The Balaban J connectivity index is 2.02. The van der Waals surface area contributed by atoms with E-state index in [0.29, 0.717) is 10.6 Å². The lowest BCUT2D eigenvalue weighted by molar-refractivity contribution is 0.104. The molecule has 1 N–H and O–H groups in total. The summed E-state index contributed by atoms with van der Waals surface area (Å²) in [6, 6.07) is 13.0. The molecule has 0 bridgehead atoms. The first-order valence-corrected chi connectivity index (χ1v) is 7.22. The van der Waals surface area contributed by atoms with E-state index in [0.717, 1.165) is 15.7 Å². The predicted molar refractivity (Wildman–Crippen MR) is 87.4 cm³/mol. The molecule has 0 spiro atoms. The van der Waals surface area contributed by atoms with Gasteiger partial charge in [0, 0.05) is 22.3 Å². The quantitative estimate of drug-likeness (QED) is 0.605. The number of anilines is 1. The van der Waals surface area contributed by atoms with Gasteiger partial charge < -0.3 is 5.32 Å². The number of benzene rings is 2. The second-order valence-corrected chi connectivity index (χ2v) is 5.65. The lowest BCUT2D eigenvalue weighted by Gasteiger charge is -2.03. The van der Waals surface area contributed by atoms with Gasteiger partial charge in [0.15, 0.2) is 5.78 Å². The number of carbonyl (C=O) groups excluding carboxylic acids is 1. The summed E-state index contributed by atoms with van der Waals surface area (Å²) in [4.78, 5) is 11.9. The largest absolute Gasteiger partial charge is 0.360 e. The smallest absolute Gasteiger partial charge is 0.187 e. The van der Waals surface area contributed by atoms with Crippen LogP contribution in [0.4, 0.5) is 5.69 Å². The third-order valence-corrected chi connectivity index (χ3v) is 3.55. The first kappa shape index (κ1) is 14.8. The molecule has 2 nitrogen and oxygen atoms in total. The molecule has 20 heavy (non-hydrogen) atoms. The van der Waals surface area contributed by atoms with Crippen molar-refractivity contribution >= 4 is 39.0 Å². The Labute approximate surface area is 131 Å². The Bertz CT molecular complexity index is 650. The van der Waals surface area contributed by atoms with E-state index in [2.05, 4.69) is 21.2 Å². The molecule has 0 saturated carbocycles. The van der Waals surface area contributed by atoms with E-state index in [1.54, 1.807) is 12.3 Å². The van der Waals surface area contributed by atoms with Gasteiger partial charge in [0.05, 0.1) is 10.7 Å². The van der Waals surface area contributed by atoms with Gasteiger partial charge in [-0.25, -0.2) is 0 Å². The number of halogens is 2. The molecule has 4 heteroatoms. The second-order valence-electron chi connectivity index (χ2n) is 4.33. The zero-order valence-electron chi connectivity index (χ0n) is 10.9. The second kappa shape index (κ2) is 6.73. The van der Waals surface area contributed by atoms with Crippen molar-refractivity contribution in [3.8, 4) is 0 Å². The first-order valence-electron chi connectivity index (χ1n) is 6.05. The lowest BCUT2D eigenvalue weighted by atomic mass is 10.1. The van der Waals surface area contributed by atoms with Crippen LogP contribution in [0.3, 0.4) is 0 Å². The molecule has 2 rings (SSSR count). The highest BCUT2D eigenvalue weighted by Crippen LogP contribution is 2.25. The van der Waals surface area contributed by atoms with Gasteiger partial charge in [0.1, 0.15) is 0 Å². The number of aryl methyl sites for hydroxylation is 1. The topological polar surface area (TPSA) is 29.1 Å². The van der Waals surface area contributed by atoms with Crippen LogP contribution >= 0.6 is 27.5 Å². The SMILES string of the molecule is Cc1ccc(C(=O)/C=C/Nc2ccc(Br)cc2Cl)cc1. The Morgan fingerprint density at radius 3 is 2.55 bits per heavy atom. The highest BCUT2D eigenvalue weighted by atomic mass is 79.9. The van der Waals surface area contributed by atoms with Crippen LogP contribution in [0.2, 0.25) is 5.02 Å². The Morgan fingerprint density at radius 2 is 1.90 bits per heavy atom. The van der Waals surface area contributed by atoms with Gasteiger partial charge in [0.2, 0.25) is 0 Å². The van der Waals surface area contributed by atoms with E-state index in [1.165, 1.54) is 6.08 Å². The van der Waals surface area contributed by atoms with Crippen LogP contribution in [0.5, 0.6) is 0 Å². The molecule has 0 radical (unpaired) electrons. The summed E-state index contributed by atoms with van der Waals surface area (Å²) in [5.41, 5.74) is 2.55. The summed E-state index contributed by atoms with van der Waals surface area (Å²) >= 11 is 9.41.